The summed E-state index contributed by atoms with van der Waals surface area (Å²) in [5.41, 5.74) is -0.402. The van der Waals surface area contributed by atoms with Gasteiger partial charge in [-0.3, -0.25) is 9.59 Å². The molecule has 1 aliphatic carbocycles. The van der Waals surface area contributed by atoms with Crippen LogP contribution in [-0.2, 0) is 9.59 Å². The third kappa shape index (κ3) is 5.12. The fraction of sp³-hybridized carbons (Fsp3) is 0.889. The lowest BCUT2D eigenvalue weighted by Gasteiger charge is -2.35. The van der Waals surface area contributed by atoms with E-state index in [2.05, 4.69) is 13.8 Å². The van der Waals surface area contributed by atoms with Gasteiger partial charge >= 0.3 is 0 Å². The molecule has 0 aromatic rings. The van der Waals surface area contributed by atoms with Crippen molar-refractivity contribution in [2.45, 2.75) is 79.2 Å². The highest BCUT2D eigenvalue weighted by molar-refractivity contribution is 5.92. The average molecular weight is 295 g/mol. The van der Waals surface area contributed by atoms with Gasteiger partial charge in [0.2, 0.25) is 5.91 Å². The van der Waals surface area contributed by atoms with Crippen molar-refractivity contribution in [2.75, 3.05) is 7.05 Å². The number of rotatable bonds is 5. The number of likely N-dealkylation sites (N-methyl/N-ethyl adjacent to an activating group) is 1. The second-order valence-electron chi connectivity index (χ2n) is 8.04. The Hall–Kier alpha value is -0.860. The van der Waals surface area contributed by atoms with Gasteiger partial charge in [0.25, 0.3) is 0 Å². The summed E-state index contributed by atoms with van der Waals surface area (Å²) in [5.74, 6) is 0.898. The highest BCUT2D eigenvalue weighted by Crippen LogP contribution is 2.28. The van der Waals surface area contributed by atoms with E-state index in [0.717, 1.165) is 32.1 Å². The summed E-state index contributed by atoms with van der Waals surface area (Å²) in [5, 5.41) is 0. The van der Waals surface area contributed by atoms with Gasteiger partial charge in [-0.25, -0.2) is 0 Å². The molecule has 0 radical (unpaired) electrons. The van der Waals surface area contributed by atoms with Crippen LogP contribution >= 0.6 is 0 Å². The lowest BCUT2D eigenvalue weighted by atomic mass is 9.82. The first-order valence-electron chi connectivity index (χ1n) is 8.45. The van der Waals surface area contributed by atoms with E-state index in [4.69, 9.17) is 0 Å². The predicted molar refractivity (Wildman–Crippen MR) is 87.1 cm³/mol. The Morgan fingerprint density at radius 2 is 1.62 bits per heavy atom. The number of Topliss-reactive ketones (excluding diaryl/α,β-unsaturated/α-hetero) is 1. The zero-order chi connectivity index (χ0) is 16.2. The molecule has 3 heteroatoms. The van der Waals surface area contributed by atoms with Gasteiger partial charge < -0.3 is 4.90 Å². The molecule has 0 aromatic heterocycles. The molecule has 0 spiro atoms. The molecular weight excluding hydrogens is 262 g/mol. The normalized spacial score (nSPS) is 18.6. The second-order valence-corrected chi connectivity index (χ2v) is 8.04. The summed E-state index contributed by atoms with van der Waals surface area (Å²) >= 11 is 0. The average Bonchev–Trinajstić information content (AvgIpc) is 2.42. The molecule has 0 unspecified atom stereocenters. The van der Waals surface area contributed by atoms with Crippen molar-refractivity contribution < 1.29 is 9.59 Å². The van der Waals surface area contributed by atoms with Gasteiger partial charge in [-0.15, -0.1) is 0 Å². The molecule has 0 saturated heterocycles. The first-order chi connectivity index (χ1) is 9.64. The molecule has 1 fully saturated rings. The van der Waals surface area contributed by atoms with Crippen LogP contribution in [-0.4, -0.2) is 29.7 Å². The minimum atomic E-state index is -0.402. The molecule has 0 aliphatic heterocycles. The highest BCUT2D eigenvalue weighted by atomic mass is 16.2. The predicted octanol–water partition coefficient (Wildman–Crippen LogP) is 4.06. The Morgan fingerprint density at radius 1 is 1.10 bits per heavy atom. The van der Waals surface area contributed by atoms with E-state index in [0.29, 0.717) is 5.92 Å². The Labute approximate surface area is 130 Å². The minimum absolute atomic E-state index is 0.131. The maximum atomic E-state index is 12.7. The Morgan fingerprint density at radius 3 is 2.05 bits per heavy atom. The first kappa shape index (κ1) is 18.2. The van der Waals surface area contributed by atoms with E-state index >= 15 is 0 Å². The standard InChI is InChI=1S/C18H33NO2/c1-13(2)12-15(16(20)18(3,4)5)19(6)17(21)14-10-8-7-9-11-14/h13-15H,7-12H2,1-6H3/t15-/m1/s1. The van der Waals surface area contributed by atoms with Crippen LogP contribution in [0.1, 0.15) is 73.1 Å². The van der Waals surface area contributed by atoms with Gasteiger partial charge in [0, 0.05) is 18.4 Å². The SMILES string of the molecule is CC(C)C[C@H](C(=O)C(C)(C)C)N(C)C(=O)C1CCCCC1. The molecule has 0 aromatic carbocycles. The number of carbonyl (C=O) groups is 2. The van der Waals surface area contributed by atoms with Gasteiger partial charge in [-0.2, -0.15) is 0 Å². The summed E-state index contributed by atoms with van der Waals surface area (Å²) in [7, 11) is 1.83. The zero-order valence-corrected chi connectivity index (χ0v) is 14.7. The smallest absolute Gasteiger partial charge is 0.226 e. The lowest BCUT2D eigenvalue weighted by molar-refractivity contribution is -0.145. The monoisotopic (exact) mass is 295 g/mol. The van der Waals surface area contributed by atoms with Crippen LogP contribution in [0.3, 0.4) is 0 Å². The highest BCUT2D eigenvalue weighted by Gasteiger charge is 2.36. The fourth-order valence-electron chi connectivity index (χ4n) is 3.18. The van der Waals surface area contributed by atoms with Crippen molar-refractivity contribution in [3.05, 3.63) is 0 Å². The Bertz CT molecular complexity index is 362. The second kappa shape index (κ2) is 7.42. The summed E-state index contributed by atoms with van der Waals surface area (Å²) in [6, 6.07) is -0.278. The summed E-state index contributed by atoms with van der Waals surface area (Å²) < 4.78 is 0. The van der Waals surface area contributed by atoms with Crippen molar-refractivity contribution >= 4 is 11.7 Å². The molecule has 1 rings (SSSR count). The maximum absolute atomic E-state index is 12.7. The van der Waals surface area contributed by atoms with E-state index in [9.17, 15) is 9.59 Å². The molecular formula is C18H33NO2. The van der Waals surface area contributed by atoms with Crippen LogP contribution in [0.5, 0.6) is 0 Å². The van der Waals surface area contributed by atoms with E-state index in [-0.39, 0.29) is 23.7 Å². The minimum Gasteiger partial charge on any atom is -0.335 e. The molecule has 0 bridgehead atoms. The van der Waals surface area contributed by atoms with E-state index in [1.165, 1.54) is 6.42 Å². The van der Waals surface area contributed by atoms with E-state index in [1.54, 1.807) is 4.90 Å². The van der Waals surface area contributed by atoms with Gasteiger partial charge in [0.15, 0.2) is 5.78 Å². The zero-order valence-electron chi connectivity index (χ0n) is 14.7. The van der Waals surface area contributed by atoms with E-state index in [1.807, 2.05) is 27.8 Å². The van der Waals surface area contributed by atoms with Crippen molar-refractivity contribution in [1.29, 1.82) is 0 Å². The van der Waals surface area contributed by atoms with Crippen LogP contribution in [0.4, 0.5) is 0 Å². The van der Waals surface area contributed by atoms with E-state index < -0.39 is 5.41 Å². The number of amides is 1. The van der Waals surface area contributed by atoms with Crippen molar-refractivity contribution in [2.24, 2.45) is 17.3 Å². The molecule has 3 nitrogen and oxygen atoms in total. The summed E-state index contributed by atoms with van der Waals surface area (Å²) in [4.78, 5) is 27.2. The molecule has 0 N–H and O–H groups in total. The van der Waals surface area contributed by atoms with Gasteiger partial charge in [-0.1, -0.05) is 53.9 Å². The fourth-order valence-corrected chi connectivity index (χ4v) is 3.18. The van der Waals surface area contributed by atoms with Gasteiger partial charge in [0.1, 0.15) is 0 Å². The van der Waals surface area contributed by atoms with Crippen molar-refractivity contribution in [1.82, 2.24) is 4.90 Å². The first-order valence-corrected chi connectivity index (χ1v) is 8.45. The van der Waals surface area contributed by atoms with Gasteiger partial charge in [-0.05, 0) is 25.2 Å². The summed E-state index contributed by atoms with van der Waals surface area (Å²) in [6.07, 6.45) is 6.26. The van der Waals surface area contributed by atoms with Gasteiger partial charge in [0.05, 0.1) is 6.04 Å². The number of carbonyl (C=O) groups excluding carboxylic acids is 2. The molecule has 1 saturated carbocycles. The number of hydrogen-bond donors (Lipinski definition) is 0. The third-order valence-corrected chi connectivity index (χ3v) is 4.51. The van der Waals surface area contributed by atoms with Crippen molar-refractivity contribution in [3.8, 4) is 0 Å². The largest absolute Gasteiger partial charge is 0.335 e. The Kier molecular flexibility index (Phi) is 6.42. The van der Waals surface area contributed by atoms with Crippen LogP contribution < -0.4 is 0 Å². The number of ketones is 1. The number of nitrogens with zero attached hydrogens (tertiary/aromatic N) is 1. The molecule has 1 atom stereocenters. The van der Waals surface area contributed by atoms with Crippen molar-refractivity contribution in [3.63, 3.8) is 0 Å². The van der Waals surface area contributed by atoms with Crippen LogP contribution in [0, 0.1) is 17.3 Å². The quantitative estimate of drug-likeness (QED) is 0.767. The molecule has 0 heterocycles. The maximum Gasteiger partial charge on any atom is 0.226 e. The van der Waals surface area contributed by atoms with Crippen LogP contribution in [0.25, 0.3) is 0 Å². The van der Waals surface area contributed by atoms with Crippen LogP contribution in [0.2, 0.25) is 0 Å². The number of hydrogen-bond acceptors (Lipinski definition) is 2. The molecule has 1 amide bonds. The topological polar surface area (TPSA) is 37.4 Å². The molecule has 122 valence electrons. The summed E-state index contributed by atoms with van der Waals surface area (Å²) in [6.45, 7) is 10.1. The molecule has 21 heavy (non-hydrogen) atoms. The Balaban J connectivity index is 2.85. The lowest BCUT2D eigenvalue weighted by Crippen LogP contribution is -2.49. The van der Waals surface area contributed by atoms with Crippen LogP contribution in [0.15, 0.2) is 0 Å². The molecule has 1 aliphatic rings. The third-order valence-electron chi connectivity index (χ3n) is 4.51.